The minimum Gasteiger partial charge on any atom is -0.273 e. The van der Waals surface area contributed by atoms with Gasteiger partial charge in [-0.1, -0.05) is 72.6 Å². The molecule has 0 radical (unpaired) electrons. The van der Waals surface area contributed by atoms with Crippen LogP contribution in [-0.4, -0.2) is 14.5 Å². The fraction of sp³-hybridized carbons (Fsp3) is 0.0769. The molecule has 0 amide bonds. The maximum absolute atomic E-state index is 9.37. The topological polar surface area (TPSA) is 87.7 Å². The van der Waals surface area contributed by atoms with Gasteiger partial charge in [0.25, 0.3) is 0 Å². The Morgan fingerprint density at radius 3 is 1.23 bits per heavy atom. The molecule has 0 aromatic heterocycles. The van der Waals surface area contributed by atoms with E-state index in [1.54, 1.807) is 6.92 Å². The average Bonchev–Trinajstić information content (AvgIpc) is 3.48. The molecule has 0 bridgehead atoms. The third kappa shape index (κ3) is 16.5. The van der Waals surface area contributed by atoms with Crippen molar-refractivity contribution in [1.29, 1.82) is 0 Å². The Morgan fingerprint density at radius 2 is 1.03 bits per heavy atom. The standard InChI is InChI=1S/C18H16O3P.C5H5.C2H6O2S.CO.Fe/c1-4-10-16(11-5-1)19-22(20-17-12-6-2-7-13-17)21-18-14-8-3-9-15-18;1-2-4-5-3-1;1-2-5(3)4;1-2;/h1-15,22H;1-5H;2H2,1H3,(H,3,4);;/q+1;-1;;;/p-1. The molecule has 0 aliphatic carbocycles. The van der Waals surface area contributed by atoms with Crippen molar-refractivity contribution in [1.82, 2.24) is 0 Å². The van der Waals surface area contributed by atoms with Crippen LogP contribution in [0.15, 0.2) is 121 Å². The first-order valence-electron chi connectivity index (χ1n) is 10.2. The molecular formula is C26H26FeO6PS-. The minimum atomic E-state index is -2.00. The number of benzene rings is 3. The second-order valence-electron chi connectivity index (χ2n) is 6.05. The summed E-state index contributed by atoms with van der Waals surface area (Å²) < 4.78 is 43.9. The first-order valence-corrected chi connectivity index (χ1v) is 12.6. The average molecular weight is 553 g/mol. The fourth-order valence-electron chi connectivity index (χ4n) is 2.14. The summed E-state index contributed by atoms with van der Waals surface area (Å²) in [5.74, 6) is 2.40. The van der Waals surface area contributed by atoms with Gasteiger partial charge in [0.05, 0.1) is 0 Å². The Labute approximate surface area is 221 Å². The van der Waals surface area contributed by atoms with Gasteiger partial charge >= 0.3 is 19.9 Å². The maximum atomic E-state index is 9.37. The van der Waals surface area contributed by atoms with E-state index in [4.69, 9.17) is 18.2 Å². The van der Waals surface area contributed by atoms with Crippen LogP contribution < -0.4 is 13.6 Å². The van der Waals surface area contributed by atoms with Gasteiger partial charge in [0, 0.05) is 22.8 Å². The monoisotopic (exact) mass is 553 g/mol. The van der Waals surface area contributed by atoms with E-state index in [9.17, 15) is 8.76 Å². The first-order chi connectivity index (χ1) is 16.7. The van der Waals surface area contributed by atoms with Crippen molar-refractivity contribution in [3.8, 4) is 17.2 Å². The summed E-state index contributed by atoms with van der Waals surface area (Å²) >= 11 is -1.82. The molecule has 1 unspecified atom stereocenters. The molecule has 4 aromatic rings. The van der Waals surface area contributed by atoms with Crippen LogP contribution in [0, 0.1) is 6.65 Å². The van der Waals surface area contributed by atoms with Gasteiger partial charge in [-0.15, -0.1) is 0 Å². The van der Waals surface area contributed by atoms with Gasteiger partial charge < -0.3 is 4.55 Å². The molecule has 9 heteroatoms. The molecule has 0 N–H and O–H groups in total. The van der Waals surface area contributed by atoms with Crippen LogP contribution in [0.3, 0.4) is 0 Å². The number of para-hydroxylation sites is 3. The van der Waals surface area contributed by atoms with E-state index in [-0.39, 0.29) is 22.8 Å². The van der Waals surface area contributed by atoms with Crippen molar-refractivity contribution in [3.05, 3.63) is 128 Å². The zero-order valence-corrected chi connectivity index (χ0v) is 21.9. The van der Waals surface area contributed by atoms with E-state index in [0.29, 0.717) is 0 Å². The summed E-state index contributed by atoms with van der Waals surface area (Å²) in [5.41, 5.74) is 0. The van der Waals surface area contributed by atoms with Gasteiger partial charge in [-0.3, -0.25) is 17.8 Å². The number of rotatable bonds is 7. The van der Waals surface area contributed by atoms with Crippen molar-refractivity contribution < 1.29 is 44.1 Å². The van der Waals surface area contributed by atoms with E-state index >= 15 is 0 Å². The van der Waals surface area contributed by atoms with Gasteiger partial charge in [-0.25, -0.2) is 12.1 Å². The van der Waals surface area contributed by atoms with E-state index < -0.39 is 19.7 Å². The molecule has 0 heterocycles. The summed E-state index contributed by atoms with van der Waals surface area (Å²) in [6, 6.07) is 38.6. The molecule has 0 aliphatic heterocycles. The van der Waals surface area contributed by atoms with Crippen LogP contribution in [0.5, 0.6) is 17.2 Å². The molecule has 0 saturated carbocycles. The summed E-state index contributed by atoms with van der Waals surface area (Å²) in [5, 5.41) is 0. The van der Waals surface area contributed by atoms with Gasteiger partial charge in [0.1, 0.15) is 0 Å². The summed E-state index contributed by atoms with van der Waals surface area (Å²) in [6.45, 7) is 6.09. The summed E-state index contributed by atoms with van der Waals surface area (Å²) in [6.07, 6.45) is 0. The van der Waals surface area contributed by atoms with Crippen LogP contribution in [-0.2, 0) is 32.8 Å². The van der Waals surface area contributed by atoms with Crippen molar-refractivity contribution in [3.63, 3.8) is 0 Å². The molecule has 6 nitrogen and oxygen atoms in total. The second kappa shape index (κ2) is 21.7. The van der Waals surface area contributed by atoms with Crippen LogP contribution in [0.1, 0.15) is 6.92 Å². The molecule has 1 atom stereocenters. The minimum absolute atomic E-state index is 0. The predicted octanol–water partition coefficient (Wildman–Crippen LogP) is 6.43. The van der Waals surface area contributed by atoms with Gasteiger partial charge in [-0.05, 0) is 36.4 Å². The summed E-state index contributed by atoms with van der Waals surface area (Å²) in [7, 11) is -2.00. The van der Waals surface area contributed by atoms with Gasteiger partial charge in [0.2, 0.25) is 0 Å². The molecule has 4 aromatic carbocycles. The molecule has 4 rings (SSSR count). The molecule has 0 spiro atoms. The zero-order chi connectivity index (χ0) is 24.9. The van der Waals surface area contributed by atoms with Crippen molar-refractivity contribution in [2.75, 3.05) is 5.75 Å². The third-order valence-electron chi connectivity index (χ3n) is 3.62. The first kappa shape index (κ1) is 32.2. The Kier molecular flexibility index (Phi) is 20.0. The van der Waals surface area contributed by atoms with Crippen molar-refractivity contribution >= 4 is 19.7 Å². The molecule has 0 fully saturated rings. The number of hydrogen-bond donors (Lipinski definition) is 0. The number of hydrogen-bond acceptors (Lipinski definition) is 5. The van der Waals surface area contributed by atoms with Crippen molar-refractivity contribution in [2.45, 2.75) is 6.92 Å². The fourth-order valence-corrected chi connectivity index (χ4v) is 3.25. The SMILES string of the molecule is CCS(=O)[O-].[C-]#[O+].[Fe].c1cc[cH-]c1.c1ccc(O[PH+](Oc2ccccc2)Oc2ccccc2)cc1. The van der Waals surface area contributed by atoms with Crippen molar-refractivity contribution in [2.24, 2.45) is 0 Å². The zero-order valence-electron chi connectivity index (χ0n) is 19.0. The Bertz CT molecular complexity index is 903. The Hall–Kier alpha value is -2.79. The van der Waals surface area contributed by atoms with Crippen LogP contribution in [0.2, 0.25) is 0 Å². The van der Waals surface area contributed by atoms with Gasteiger partial charge in [-0.2, -0.15) is 18.2 Å². The second-order valence-corrected chi connectivity index (χ2v) is 8.35. The Balaban J connectivity index is 0.000000740. The largest absolute Gasteiger partial charge is 0.528 e. The molecule has 0 saturated heterocycles. The summed E-state index contributed by atoms with van der Waals surface area (Å²) in [4.78, 5) is 0. The Morgan fingerprint density at radius 1 is 0.743 bits per heavy atom. The normalized spacial score (nSPS) is 9.74. The quantitative estimate of drug-likeness (QED) is 0.0865. The van der Waals surface area contributed by atoms with E-state index in [2.05, 4.69) is 6.65 Å². The smallest absolute Gasteiger partial charge is 0.273 e. The third-order valence-corrected chi connectivity index (χ3v) is 5.30. The van der Waals surface area contributed by atoms with Crippen LogP contribution in [0.25, 0.3) is 0 Å². The molecule has 0 aliphatic rings. The molecular weight excluding hydrogens is 527 g/mol. The molecule has 186 valence electrons. The van der Waals surface area contributed by atoms with E-state index in [1.807, 2.05) is 121 Å². The predicted molar refractivity (Wildman–Crippen MR) is 135 cm³/mol. The maximum Gasteiger partial charge on any atom is 0.528 e. The van der Waals surface area contributed by atoms with E-state index in [0.717, 1.165) is 17.2 Å². The molecule has 35 heavy (non-hydrogen) atoms. The van der Waals surface area contributed by atoms with Gasteiger partial charge in [0.15, 0.2) is 17.2 Å². The van der Waals surface area contributed by atoms with Crippen LogP contribution in [0.4, 0.5) is 0 Å². The van der Waals surface area contributed by atoms with Crippen LogP contribution >= 0.6 is 8.60 Å². The van der Waals surface area contributed by atoms with E-state index in [1.165, 1.54) is 0 Å².